The van der Waals surface area contributed by atoms with Crippen LogP contribution in [0.4, 0.5) is 0 Å². The van der Waals surface area contributed by atoms with E-state index in [0.29, 0.717) is 6.61 Å². The maximum absolute atomic E-state index is 11.0. The monoisotopic (exact) mass is 258 g/mol. The summed E-state index contributed by atoms with van der Waals surface area (Å²) in [5.41, 5.74) is 1.37. The molecule has 0 bridgehead atoms. The molecular weight excluding hydrogens is 236 g/mol. The van der Waals surface area contributed by atoms with Crippen molar-refractivity contribution in [3.05, 3.63) is 60.2 Å². The minimum absolute atomic E-state index is 0.254. The minimum Gasteiger partial charge on any atom is -0.463 e. The minimum atomic E-state index is -0.254. The molecule has 1 aromatic rings. The lowest BCUT2D eigenvalue weighted by Gasteiger charge is -1.96. The van der Waals surface area contributed by atoms with Gasteiger partial charge in [-0.05, 0) is 38.2 Å². The molecule has 2 heteroatoms. The van der Waals surface area contributed by atoms with Crippen molar-refractivity contribution in [1.82, 2.24) is 0 Å². The Kier molecular flexibility index (Phi) is 8.12. The average Bonchev–Trinajstić information content (AvgIpc) is 2.43. The topological polar surface area (TPSA) is 26.3 Å². The summed E-state index contributed by atoms with van der Waals surface area (Å²) in [5, 5.41) is 0. The van der Waals surface area contributed by atoms with Crippen LogP contribution in [0.5, 0.6) is 0 Å². The van der Waals surface area contributed by atoms with Crippen LogP contribution in [-0.4, -0.2) is 12.6 Å². The van der Waals surface area contributed by atoms with Crippen LogP contribution in [0.3, 0.4) is 0 Å². The number of benzene rings is 1. The molecule has 0 aromatic heterocycles. The van der Waals surface area contributed by atoms with Gasteiger partial charge >= 0.3 is 5.97 Å². The predicted molar refractivity (Wildman–Crippen MR) is 78.9 cm³/mol. The fourth-order valence-corrected chi connectivity index (χ4v) is 1.69. The van der Waals surface area contributed by atoms with Gasteiger partial charge in [0.1, 0.15) is 0 Å². The van der Waals surface area contributed by atoms with E-state index in [1.165, 1.54) is 11.6 Å². The Morgan fingerprint density at radius 2 is 1.74 bits per heavy atom. The average molecular weight is 258 g/mol. The molecule has 2 nitrogen and oxygen atoms in total. The van der Waals surface area contributed by atoms with Crippen LogP contribution >= 0.6 is 0 Å². The number of esters is 1. The lowest BCUT2D eigenvalue weighted by Crippen LogP contribution is -1.98. The van der Waals surface area contributed by atoms with Crippen LogP contribution < -0.4 is 0 Å². The molecule has 0 saturated carbocycles. The predicted octanol–water partition coefficient (Wildman–Crippen LogP) is 4.07. The third-order valence-electron chi connectivity index (χ3n) is 2.65. The van der Waals surface area contributed by atoms with Crippen molar-refractivity contribution in [1.29, 1.82) is 0 Å². The normalized spacial score (nSPS) is 11.2. The molecule has 0 N–H and O–H groups in total. The number of ether oxygens (including phenoxy) is 1. The Balaban J connectivity index is 2.06. The quantitative estimate of drug-likeness (QED) is 0.304. The van der Waals surface area contributed by atoms with Gasteiger partial charge in [-0.1, -0.05) is 48.6 Å². The van der Waals surface area contributed by atoms with E-state index < -0.39 is 0 Å². The largest absolute Gasteiger partial charge is 0.463 e. The Labute approximate surface area is 115 Å². The molecule has 0 aliphatic heterocycles. The first-order valence-corrected chi connectivity index (χ1v) is 6.85. The van der Waals surface area contributed by atoms with Crippen molar-refractivity contribution in [2.75, 3.05) is 6.61 Å². The first-order valence-electron chi connectivity index (χ1n) is 6.85. The number of carbonyl (C=O) groups is 1. The number of rotatable bonds is 8. The van der Waals surface area contributed by atoms with Crippen LogP contribution in [0.15, 0.2) is 54.6 Å². The van der Waals surface area contributed by atoms with E-state index >= 15 is 0 Å². The number of carbonyl (C=O) groups excluding carboxylic acids is 1. The van der Waals surface area contributed by atoms with Crippen molar-refractivity contribution in [2.45, 2.75) is 32.6 Å². The van der Waals surface area contributed by atoms with Gasteiger partial charge in [0.15, 0.2) is 0 Å². The van der Waals surface area contributed by atoms with Gasteiger partial charge in [-0.15, -0.1) is 0 Å². The van der Waals surface area contributed by atoms with Crippen molar-refractivity contribution < 1.29 is 9.53 Å². The Hall–Kier alpha value is -1.83. The number of hydrogen-bond donors (Lipinski definition) is 0. The SMILES string of the molecule is CCOC(=O)/C=C/CC/C=C/CCc1ccccc1. The van der Waals surface area contributed by atoms with E-state index in [1.54, 1.807) is 6.92 Å². The summed E-state index contributed by atoms with van der Waals surface area (Å²) in [6.45, 7) is 2.24. The van der Waals surface area contributed by atoms with Crippen LogP contribution in [0.25, 0.3) is 0 Å². The molecule has 0 atom stereocenters. The second-order valence-corrected chi connectivity index (χ2v) is 4.23. The highest BCUT2D eigenvalue weighted by Crippen LogP contribution is 2.03. The molecule has 1 rings (SSSR count). The van der Waals surface area contributed by atoms with Crippen molar-refractivity contribution in [3.63, 3.8) is 0 Å². The second-order valence-electron chi connectivity index (χ2n) is 4.23. The van der Waals surface area contributed by atoms with E-state index in [4.69, 9.17) is 4.74 Å². The highest BCUT2D eigenvalue weighted by molar-refractivity contribution is 5.81. The Bertz CT molecular complexity index is 405. The highest BCUT2D eigenvalue weighted by atomic mass is 16.5. The summed E-state index contributed by atoms with van der Waals surface area (Å²) in [6, 6.07) is 10.5. The van der Waals surface area contributed by atoms with Gasteiger partial charge < -0.3 is 4.74 Å². The molecule has 0 saturated heterocycles. The smallest absolute Gasteiger partial charge is 0.330 e. The standard InChI is InChI=1S/C17H22O2/c1-2-19-17(18)15-11-6-4-3-5-8-12-16-13-9-7-10-14-16/h3,5,7,9-11,13-15H,2,4,6,8,12H2,1H3/b5-3+,15-11+. The summed E-state index contributed by atoms with van der Waals surface area (Å²) in [7, 11) is 0. The van der Waals surface area contributed by atoms with Gasteiger partial charge in [0.05, 0.1) is 6.61 Å². The van der Waals surface area contributed by atoms with Crippen LogP contribution in [-0.2, 0) is 16.0 Å². The Morgan fingerprint density at radius 1 is 1.05 bits per heavy atom. The highest BCUT2D eigenvalue weighted by Gasteiger charge is 1.91. The number of unbranched alkanes of at least 4 members (excludes halogenated alkanes) is 1. The molecule has 0 amide bonds. The van der Waals surface area contributed by atoms with Crippen LogP contribution in [0.1, 0.15) is 31.7 Å². The number of aryl methyl sites for hydroxylation is 1. The number of allylic oxidation sites excluding steroid dienone is 3. The van der Waals surface area contributed by atoms with Crippen LogP contribution in [0.2, 0.25) is 0 Å². The van der Waals surface area contributed by atoms with E-state index in [1.807, 2.05) is 12.1 Å². The summed E-state index contributed by atoms with van der Waals surface area (Å²) < 4.78 is 4.79. The molecule has 0 aliphatic carbocycles. The molecule has 19 heavy (non-hydrogen) atoms. The van der Waals surface area contributed by atoms with Crippen molar-refractivity contribution >= 4 is 5.97 Å². The van der Waals surface area contributed by atoms with E-state index in [2.05, 4.69) is 36.4 Å². The van der Waals surface area contributed by atoms with Crippen molar-refractivity contribution in [2.24, 2.45) is 0 Å². The van der Waals surface area contributed by atoms with Gasteiger partial charge in [0, 0.05) is 6.08 Å². The van der Waals surface area contributed by atoms with Crippen LogP contribution in [0, 0.1) is 0 Å². The fourth-order valence-electron chi connectivity index (χ4n) is 1.69. The van der Waals surface area contributed by atoms with Gasteiger partial charge in [0.25, 0.3) is 0 Å². The van der Waals surface area contributed by atoms with Gasteiger partial charge in [-0.2, -0.15) is 0 Å². The summed E-state index contributed by atoms with van der Waals surface area (Å²) >= 11 is 0. The molecule has 0 heterocycles. The lowest BCUT2D eigenvalue weighted by molar-refractivity contribution is -0.137. The molecule has 0 fully saturated rings. The van der Waals surface area contributed by atoms with Gasteiger partial charge in [-0.3, -0.25) is 0 Å². The summed E-state index contributed by atoms with van der Waals surface area (Å²) in [6.07, 6.45) is 11.7. The molecule has 1 aromatic carbocycles. The molecule has 0 spiro atoms. The summed E-state index contributed by atoms with van der Waals surface area (Å²) in [4.78, 5) is 11.0. The van der Waals surface area contributed by atoms with Gasteiger partial charge in [0.2, 0.25) is 0 Å². The van der Waals surface area contributed by atoms with E-state index in [9.17, 15) is 4.79 Å². The third-order valence-corrected chi connectivity index (χ3v) is 2.65. The number of hydrogen-bond acceptors (Lipinski definition) is 2. The van der Waals surface area contributed by atoms with E-state index in [0.717, 1.165) is 25.7 Å². The maximum atomic E-state index is 11.0. The molecule has 102 valence electrons. The summed E-state index contributed by atoms with van der Waals surface area (Å²) in [5.74, 6) is -0.254. The zero-order valence-electron chi connectivity index (χ0n) is 11.5. The first-order chi connectivity index (χ1) is 9.33. The first kappa shape index (κ1) is 15.2. The molecular formula is C17H22O2. The molecule has 0 radical (unpaired) electrons. The molecule has 0 aliphatic rings. The fraction of sp³-hybridized carbons (Fsp3) is 0.353. The van der Waals surface area contributed by atoms with Crippen molar-refractivity contribution in [3.8, 4) is 0 Å². The van der Waals surface area contributed by atoms with E-state index in [-0.39, 0.29) is 5.97 Å². The zero-order valence-corrected chi connectivity index (χ0v) is 11.5. The Morgan fingerprint density at radius 3 is 2.47 bits per heavy atom. The van der Waals surface area contributed by atoms with Gasteiger partial charge in [-0.25, -0.2) is 4.79 Å². The maximum Gasteiger partial charge on any atom is 0.330 e. The zero-order chi connectivity index (χ0) is 13.8. The molecule has 0 unspecified atom stereocenters. The lowest BCUT2D eigenvalue weighted by atomic mass is 10.1. The second kappa shape index (κ2) is 10.1. The third kappa shape index (κ3) is 7.98.